The maximum absolute atomic E-state index is 13.4. The molecule has 0 aliphatic heterocycles. The molecule has 1 heterocycles. The highest BCUT2D eigenvalue weighted by Gasteiger charge is 2.17. The summed E-state index contributed by atoms with van der Waals surface area (Å²) in [4.78, 5) is 51.0. The fraction of sp³-hybridized carbons (Fsp3) is 0.360. The van der Waals surface area contributed by atoms with Crippen molar-refractivity contribution >= 4 is 22.7 Å². The molecule has 1 aromatic heterocycles. The van der Waals surface area contributed by atoms with Crippen molar-refractivity contribution in [1.82, 2.24) is 19.8 Å². The Hall–Kier alpha value is -3.68. The second kappa shape index (κ2) is 10.8. The van der Waals surface area contributed by atoms with E-state index in [0.717, 1.165) is 23.0 Å². The number of carbonyl (C=O) groups excluding carboxylic acids is 2. The zero-order valence-electron chi connectivity index (χ0n) is 19.3. The molecule has 0 unspecified atom stereocenters. The van der Waals surface area contributed by atoms with E-state index in [1.165, 1.54) is 4.57 Å². The molecule has 0 aliphatic carbocycles. The first-order valence-electron chi connectivity index (χ1n) is 11.3. The molecule has 0 bridgehead atoms. The summed E-state index contributed by atoms with van der Waals surface area (Å²) in [5.74, 6) is -0.377. The van der Waals surface area contributed by atoms with Crippen LogP contribution < -0.4 is 21.9 Å². The van der Waals surface area contributed by atoms with Crippen LogP contribution >= 0.6 is 0 Å². The lowest BCUT2D eigenvalue weighted by Gasteiger charge is -2.16. The van der Waals surface area contributed by atoms with Gasteiger partial charge in [-0.05, 0) is 49.6 Å². The Kier molecular flexibility index (Phi) is 7.82. The van der Waals surface area contributed by atoms with Crippen molar-refractivity contribution in [3.8, 4) is 5.69 Å². The molecule has 0 aliphatic rings. The van der Waals surface area contributed by atoms with Gasteiger partial charge in [0.25, 0.3) is 5.56 Å². The summed E-state index contributed by atoms with van der Waals surface area (Å²) >= 11 is 0. The van der Waals surface area contributed by atoms with Gasteiger partial charge in [0.2, 0.25) is 11.8 Å². The Balaban J connectivity index is 2.01. The van der Waals surface area contributed by atoms with Crippen LogP contribution in [0.1, 0.15) is 39.2 Å². The Morgan fingerprint density at radius 3 is 2.33 bits per heavy atom. The average Bonchev–Trinajstić information content (AvgIpc) is 2.81. The summed E-state index contributed by atoms with van der Waals surface area (Å²) in [6, 6.07) is 13.5. The van der Waals surface area contributed by atoms with Crippen molar-refractivity contribution in [2.24, 2.45) is 0 Å². The first kappa shape index (κ1) is 24.0. The van der Waals surface area contributed by atoms with E-state index in [1.54, 1.807) is 48.5 Å². The third-order valence-electron chi connectivity index (χ3n) is 5.50. The molecule has 33 heavy (non-hydrogen) atoms. The fourth-order valence-corrected chi connectivity index (χ4v) is 3.54. The van der Waals surface area contributed by atoms with Crippen molar-refractivity contribution in [3.63, 3.8) is 0 Å². The number of aromatic nitrogens is 2. The molecule has 8 nitrogen and oxygen atoms in total. The lowest BCUT2D eigenvalue weighted by Crippen LogP contribution is -2.43. The van der Waals surface area contributed by atoms with Crippen LogP contribution in [0.25, 0.3) is 16.6 Å². The van der Waals surface area contributed by atoms with E-state index < -0.39 is 11.2 Å². The Labute approximate surface area is 192 Å². The van der Waals surface area contributed by atoms with Crippen molar-refractivity contribution in [1.29, 1.82) is 0 Å². The minimum Gasteiger partial charge on any atom is -0.356 e. The van der Waals surface area contributed by atoms with Gasteiger partial charge >= 0.3 is 5.69 Å². The summed E-state index contributed by atoms with van der Waals surface area (Å²) in [7, 11) is 0. The largest absolute Gasteiger partial charge is 0.356 e. The molecular weight excluding hydrogens is 420 g/mol. The number of para-hydroxylation sites is 1. The van der Waals surface area contributed by atoms with Gasteiger partial charge in [-0.2, -0.15) is 0 Å². The standard InChI is InChI=1S/C25H30N4O4/c1-4-14-26-22(30)15-18-10-12-19(13-11-18)29-24(32)20-8-6-7-9-21(20)28(25(29)33)16-23(31)27-17(3)5-2/h6-13,17H,4-5,14-16H2,1-3H3,(H,26,30)(H,27,31)/t17-/m0/s1. The van der Waals surface area contributed by atoms with Crippen LogP contribution in [0.4, 0.5) is 0 Å². The first-order chi connectivity index (χ1) is 15.8. The van der Waals surface area contributed by atoms with Crippen molar-refractivity contribution < 1.29 is 9.59 Å². The van der Waals surface area contributed by atoms with E-state index in [4.69, 9.17) is 0 Å². The van der Waals surface area contributed by atoms with Gasteiger partial charge in [-0.3, -0.25) is 19.0 Å². The highest BCUT2D eigenvalue weighted by molar-refractivity contribution is 5.82. The quantitative estimate of drug-likeness (QED) is 0.521. The van der Waals surface area contributed by atoms with Crippen LogP contribution in [0.2, 0.25) is 0 Å². The number of rotatable bonds is 9. The van der Waals surface area contributed by atoms with Crippen LogP contribution in [0.15, 0.2) is 58.1 Å². The molecule has 1 atom stereocenters. The highest BCUT2D eigenvalue weighted by atomic mass is 16.2. The average molecular weight is 451 g/mol. The summed E-state index contributed by atoms with van der Waals surface area (Å²) in [6.45, 7) is 6.26. The number of fused-ring (bicyclic) bond motifs is 1. The number of benzene rings is 2. The fourth-order valence-electron chi connectivity index (χ4n) is 3.54. The number of amides is 2. The lowest BCUT2D eigenvalue weighted by molar-refractivity contribution is -0.122. The van der Waals surface area contributed by atoms with E-state index in [-0.39, 0.29) is 30.8 Å². The van der Waals surface area contributed by atoms with Crippen molar-refractivity contribution in [3.05, 3.63) is 74.9 Å². The Morgan fingerprint density at radius 1 is 0.970 bits per heavy atom. The van der Waals surface area contributed by atoms with E-state index >= 15 is 0 Å². The van der Waals surface area contributed by atoms with Crippen LogP contribution in [0, 0.1) is 0 Å². The first-order valence-corrected chi connectivity index (χ1v) is 11.3. The van der Waals surface area contributed by atoms with Gasteiger partial charge in [-0.15, -0.1) is 0 Å². The minimum absolute atomic E-state index is 0.0209. The third kappa shape index (κ3) is 5.58. The number of nitrogens with zero attached hydrogens (tertiary/aromatic N) is 2. The molecule has 3 aromatic rings. The molecule has 174 valence electrons. The molecule has 2 aromatic carbocycles. The second-order valence-electron chi connectivity index (χ2n) is 8.10. The molecule has 0 saturated carbocycles. The summed E-state index contributed by atoms with van der Waals surface area (Å²) in [5.41, 5.74) is 0.514. The molecule has 0 saturated heterocycles. The van der Waals surface area contributed by atoms with E-state index in [2.05, 4.69) is 10.6 Å². The molecule has 2 N–H and O–H groups in total. The molecule has 2 amide bonds. The SMILES string of the molecule is CCCNC(=O)Cc1ccc(-n2c(=O)c3ccccc3n(CC(=O)N[C@@H](C)CC)c2=O)cc1. The maximum atomic E-state index is 13.4. The van der Waals surface area contributed by atoms with Crippen LogP contribution in [0.3, 0.4) is 0 Å². The van der Waals surface area contributed by atoms with Crippen molar-refractivity contribution in [2.45, 2.75) is 52.6 Å². The van der Waals surface area contributed by atoms with Gasteiger partial charge in [0.15, 0.2) is 0 Å². The molecule has 8 heteroatoms. The van der Waals surface area contributed by atoms with Crippen molar-refractivity contribution in [2.75, 3.05) is 6.54 Å². The maximum Gasteiger partial charge on any atom is 0.336 e. The predicted octanol–water partition coefficient (Wildman–Crippen LogP) is 2.14. The van der Waals surface area contributed by atoms with Crippen LogP contribution in [-0.4, -0.2) is 33.5 Å². The molecule has 0 fully saturated rings. The second-order valence-corrected chi connectivity index (χ2v) is 8.10. The zero-order valence-corrected chi connectivity index (χ0v) is 19.3. The lowest BCUT2D eigenvalue weighted by atomic mass is 10.1. The summed E-state index contributed by atoms with van der Waals surface area (Å²) in [6.07, 6.45) is 1.84. The van der Waals surface area contributed by atoms with Crippen LogP contribution in [-0.2, 0) is 22.6 Å². The highest BCUT2D eigenvalue weighted by Crippen LogP contribution is 2.12. The van der Waals surface area contributed by atoms with E-state index in [1.807, 2.05) is 20.8 Å². The minimum atomic E-state index is -0.591. The normalized spacial score (nSPS) is 11.8. The summed E-state index contributed by atoms with van der Waals surface area (Å²) in [5, 5.41) is 6.03. The van der Waals surface area contributed by atoms with Gasteiger partial charge in [0.1, 0.15) is 6.54 Å². The van der Waals surface area contributed by atoms with Gasteiger partial charge in [-0.1, -0.05) is 38.1 Å². The molecule has 0 radical (unpaired) electrons. The summed E-state index contributed by atoms with van der Waals surface area (Å²) < 4.78 is 2.39. The number of nitrogens with one attached hydrogen (secondary N) is 2. The molecule has 0 spiro atoms. The monoisotopic (exact) mass is 450 g/mol. The molecule has 3 rings (SSSR count). The Morgan fingerprint density at radius 2 is 1.67 bits per heavy atom. The Bertz CT molecular complexity index is 1260. The third-order valence-corrected chi connectivity index (χ3v) is 5.50. The van der Waals surface area contributed by atoms with Gasteiger partial charge in [-0.25, -0.2) is 9.36 Å². The smallest absolute Gasteiger partial charge is 0.336 e. The van der Waals surface area contributed by atoms with Crippen LogP contribution in [0.5, 0.6) is 0 Å². The van der Waals surface area contributed by atoms with E-state index in [0.29, 0.717) is 23.1 Å². The zero-order chi connectivity index (χ0) is 24.0. The molecular formula is C25H30N4O4. The number of hydrogen-bond acceptors (Lipinski definition) is 4. The topological polar surface area (TPSA) is 102 Å². The van der Waals surface area contributed by atoms with E-state index in [9.17, 15) is 19.2 Å². The number of hydrogen-bond donors (Lipinski definition) is 2. The van der Waals surface area contributed by atoms with Gasteiger partial charge in [0, 0.05) is 12.6 Å². The van der Waals surface area contributed by atoms with Gasteiger partial charge in [0.05, 0.1) is 23.0 Å². The number of carbonyl (C=O) groups is 2. The van der Waals surface area contributed by atoms with Gasteiger partial charge < -0.3 is 10.6 Å². The predicted molar refractivity (Wildman–Crippen MR) is 129 cm³/mol.